The van der Waals surface area contributed by atoms with Crippen molar-refractivity contribution < 1.29 is 4.79 Å². The fourth-order valence-corrected chi connectivity index (χ4v) is 2.23. The molecule has 0 fully saturated rings. The number of carbonyl (C=O) groups excluding carboxylic acids is 1. The highest BCUT2D eigenvalue weighted by Crippen LogP contribution is 2.21. The molecule has 0 spiro atoms. The Balaban J connectivity index is 2.17. The van der Waals surface area contributed by atoms with Crippen LogP contribution in [0.2, 0.25) is 0 Å². The lowest BCUT2D eigenvalue weighted by Gasteiger charge is -1.99. The zero-order valence-corrected chi connectivity index (χ0v) is 10.9. The molecule has 2 nitrogen and oxygen atoms in total. The summed E-state index contributed by atoms with van der Waals surface area (Å²) in [6, 6.07) is 20.4. The maximum Gasteiger partial charge on any atom is 0.204 e. The van der Waals surface area contributed by atoms with E-state index in [1.54, 1.807) is 29.7 Å². The predicted octanol–water partition coefficient (Wildman–Crippen LogP) is 4.07. The highest BCUT2D eigenvalue weighted by molar-refractivity contribution is 8.02. The van der Waals surface area contributed by atoms with Gasteiger partial charge in [0.15, 0.2) is 0 Å². The van der Waals surface area contributed by atoms with Gasteiger partial charge in [-0.25, -0.2) is 0 Å². The normalized spacial score (nSPS) is 10.8. The number of allylic oxidation sites excluding steroid dienone is 1. The van der Waals surface area contributed by atoms with E-state index in [4.69, 9.17) is 5.26 Å². The van der Waals surface area contributed by atoms with Crippen LogP contribution in [0, 0.1) is 11.3 Å². The Labute approximate surface area is 116 Å². The van der Waals surface area contributed by atoms with E-state index in [2.05, 4.69) is 0 Å². The van der Waals surface area contributed by atoms with Crippen molar-refractivity contribution in [1.82, 2.24) is 0 Å². The molecule has 0 unspecified atom stereocenters. The van der Waals surface area contributed by atoms with Crippen molar-refractivity contribution in [3.8, 4) is 6.07 Å². The van der Waals surface area contributed by atoms with Crippen LogP contribution in [0.4, 0.5) is 0 Å². The van der Waals surface area contributed by atoms with Crippen LogP contribution in [-0.2, 0) is 0 Å². The molecule has 0 saturated heterocycles. The maximum absolute atomic E-state index is 12.1. The number of hydrogen-bond donors (Lipinski definition) is 0. The average Bonchev–Trinajstić information content (AvgIpc) is 2.49. The lowest BCUT2D eigenvalue weighted by Crippen LogP contribution is -2.00. The first-order chi connectivity index (χ1) is 9.31. The largest absolute Gasteiger partial charge is 0.288 e. The number of nitriles is 1. The lowest BCUT2D eigenvalue weighted by atomic mass is 10.1. The van der Waals surface area contributed by atoms with Gasteiger partial charge in [0.25, 0.3) is 0 Å². The highest BCUT2D eigenvalue weighted by Gasteiger charge is 2.11. The van der Waals surface area contributed by atoms with Gasteiger partial charge in [0, 0.05) is 10.5 Å². The van der Waals surface area contributed by atoms with Crippen molar-refractivity contribution in [1.29, 1.82) is 5.26 Å². The van der Waals surface area contributed by atoms with Crippen LogP contribution in [0.15, 0.2) is 76.5 Å². The fraction of sp³-hybridized carbons (Fsp3) is 0. The number of ketones is 1. The molecule has 3 heteroatoms. The summed E-state index contributed by atoms with van der Waals surface area (Å²) in [5.74, 6) is -0.244. The molecule has 0 aromatic heterocycles. The Bertz CT molecular complexity index is 627. The van der Waals surface area contributed by atoms with Gasteiger partial charge in [-0.2, -0.15) is 5.26 Å². The molecule has 2 rings (SSSR count). The van der Waals surface area contributed by atoms with E-state index in [-0.39, 0.29) is 11.4 Å². The minimum absolute atomic E-state index is 0.153. The minimum Gasteiger partial charge on any atom is -0.288 e. The lowest BCUT2D eigenvalue weighted by molar-refractivity contribution is 0.103. The summed E-state index contributed by atoms with van der Waals surface area (Å²) in [6.45, 7) is 0. The van der Waals surface area contributed by atoms with Gasteiger partial charge >= 0.3 is 0 Å². The maximum atomic E-state index is 12.1. The molecule has 0 N–H and O–H groups in total. The summed E-state index contributed by atoms with van der Waals surface area (Å²) >= 11 is 1.37. The van der Waals surface area contributed by atoms with Crippen LogP contribution in [0.3, 0.4) is 0 Å². The number of hydrogen-bond acceptors (Lipinski definition) is 3. The summed E-state index contributed by atoms with van der Waals surface area (Å²) in [4.78, 5) is 13.1. The number of nitrogens with zero attached hydrogens (tertiary/aromatic N) is 1. The predicted molar refractivity (Wildman–Crippen MR) is 76.8 cm³/mol. The Morgan fingerprint density at radius 2 is 1.58 bits per heavy atom. The third-order valence-corrected chi connectivity index (χ3v) is 3.36. The fourth-order valence-electron chi connectivity index (χ4n) is 1.50. The van der Waals surface area contributed by atoms with Gasteiger partial charge in [-0.3, -0.25) is 4.79 Å². The van der Waals surface area contributed by atoms with Crippen molar-refractivity contribution in [2.24, 2.45) is 0 Å². The first-order valence-corrected chi connectivity index (χ1v) is 6.61. The average molecular weight is 265 g/mol. The molecule has 0 amide bonds. The van der Waals surface area contributed by atoms with Gasteiger partial charge in [0.2, 0.25) is 5.78 Å². The Kier molecular flexibility index (Phi) is 4.54. The van der Waals surface area contributed by atoms with E-state index in [1.165, 1.54) is 11.8 Å². The second kappa shape index (κ2) is 6.58. The SMILES string of the molecule is N#C/C(=C\Sc1ccccc1)C(=O)c1ccccc1. The van der Waals surface area contributed by atoms with E-state index >= 15 is 0 Å². The molecule has 19 heavy (non-hydrogen) atoms. The quantitative estimate of drug-likeness (QED) is 0.362. The Morgan fingerprint density at radius 3 is 2.16 bits per heavy atom. The zero-order chi connectivity index (χ0) is 13.5. The molecular formula is C16H11NOS. The monoisotopic (exact) mass is 265 g/mol. The van der Waals surface area contributed by atoms with Gasteiger partial charge in [0.05, 0.1) is 0 Å². The summed E-state index contributed by atoms with van der Waals surface area (Å²) in [7, 11) is 0. The number of Topliss-reactive ketones (excluding diaryl/α,β-unsaturated/α-hetero) is 1. The van der Waals surface area contributed by atoms with E-state index in [9.17, 15) is 4.79 Å². The number of thioether (sulfide) groups is 1. The Hall–Kier alpha value is -2.31. The molecule has 0 heterocycles. The minimum atomic E-state index is -0.244. The number of rotatable bonds is 4. The molecule has 0 atom stereocenters. The molecule has 0 aliphatic rings. The Morgan fingerprint density at radius 1 is 1.00 bits per heavy atom. The molecule has 0 radical (unpaired) electrons. The molecule has 2 aromatic rings. The van der Waals surface area contributed by atoms with Crippen molar-refractivity contribution in [3.63, 3.8) is 0 Å². The zero-order valence-electron chi connectivity index (χ0n) is 10.1. The van der Waals surface area contributed by atoms with Crippen LogP contribution in [0.1, 0.15) is 10.4 Å². The van der Waals surface area contributed by atoms with E-state index in [1.807, 2.05) is 42.5 Å². The molecular weight excluding hydrogens is 254 g/mol. The van der Waals surface area contributed by atoms with Crippen LogP contribution < -0.4 is 0 Å². The van der Waals surface area contributed by atoms with Crippen molar-refractivity contribution >= 4 is 17.5 Å². The molecule has 0 aliphatic heterocycles. The van der Waals surface area contributed by atoms with Crippen LogP contribution in [0.25, 0.3) is 0 Å². The topological polar surface area (TPSA) is 40.9 Å². The summed E-state index contributed by atoms with van der Waals surface area (Å²) < 4.78 is 0. The van der Waals surface area contributed by atoms with Crippen LogP contribution in [0.5, 0.6) is 0 Å². The van der Waals surface area contributed by atoms with E-state index in [0.717, 1.165) is 4.90 Å². The van der Waals surface area contributed by atoms with Gasteiger partial charge in [-0.05, 0) is 17.5 Å². The highest BCUT2D eigenvalue weighted by atomic mass is 32.2. The molecule has 92 valence electrons. The van der Waals surface area contributed by atoms with Gasteiger partial charge < -0.3 is 0 Å². The molecule has 0 saturated carbocycles. The second-order valence-electron chi connectivity index (χ2n) is 3.77. The van der Waals surface area contributed by atoms with Gasteiger partial charge in [-0.15, -0.1) is 0 Å². The van der Waals surface area contributed by atoms with Gasteiger partial charge in [0.1, 0.15) is 11.6 Å². The third-order valence-electron chi connectivity index (χ3n) is 2.46. The summed E-state index contributed by atoms with van der Waals surface area (Å²) in [6.07, 6.45) is 0. The van der Waals surface area contributed by atoms with Crippen LogP contribution in [-0.4, -0.2) is 5.78 Å². The molecule has 2 aromatic carbocycles. The third kappa shape index (κ3) is 3.57. The number of carbonyl (C=O) groups is 1. The first kappa shape index (κ1) is 13.1. The van der Waals surface area contributed by atoms with E-state index in [0.29, 0.717) is 5.56 Å². The second-order valence-corrected chi connectivity index (χ2v) is 4.71. The van der Waals surface area contributed by atoms with Crippen molar-refractivity contribution in [2.45, 2.75) is 4.90 Å². The van der Waals surface area contributed by atoms with Crippen molar-refractivity contribution in [2.75, 3.05) is 0 Å². The van der Waals surface area contributed by atoms with E-state index < -0.39 is 0 Å². The molecule has 0 aliphatic carbocycles. The number of benzene rings is 2. The first-order valence-electron chi connectivity index (χ1n) is 5.73. The summed E-state index contributed by atoms with van der Waals surface area (Å²) in [5, 5.41) is 10.7. The van der Waals surface area contributed by atoms with Crippen LogP contribution >= 0.6 is 11.8 Å². The smallest absolute Gasteiger partial charge is 0.204 e. The van der Waals surface area contributed by atoms with Gasteiger partial charge in [-0.1, -0.05) is 60.3 Å². The molecule has 0 bridgehead atoms. The van der Waals surface area contributed by atoms with Crippen molar-refractivity contribution in [3.05, 3.63) is 77.2 Å². The standard InChI is InChI=1S/C16H11NOS/c17-11-14(12-19-15-9-5-2-6-10-15)16(18)13-7-3-1-4-8-13/h1-10,12H/b14-12+. The summed E-state index contributed by atoms with van der Waals surface area (Å²) in [5.41, 5.74) is 0.684.